The molecule has 1 aromatic carbocycles. The molecule has 2 fully saturated rings. The molecule has 0 aromatic heterocycles. The molecule has 0 bridgehead atoms. The summed E-state index contributed by atoms with van der Waals surface area (Å²) in [4.78, 5) is 16.0. The van der Waals surface area contributed by atoms with Crippen LogP contribution in [0.25, 0.3) is 0 Å². The number of amides is 1. The summed E-state index contributed by atoms with van der Waals surface area (Å²) in [7, 11) is 0. The Morgan fingerprint density at radius 1 is 1.16 bits per heavy atom. The van der Waals surface area contributed by atoms with Gasteiger partial charge in [0.05, 0.1) is 19.0 Å². The number of nitrogens with one attached hydrogen (secondary N) is 1. The van der Waals surface area contributed by atoms with E-state index < -0.39 is 0 Å². The van der Waals surface area contributed by atoms with Crippen molar-refractivity contribution in [3.05, 3.63) is 29.3 Å². The number of rotatable bonds is 6. The second kappa shape index (κ2) is 9.26. The number of morpholine rings is 1. The molecule has 6 heteroatoms. The first kappa shape index (κ1) is 19.0. The highest BCUT2D eigenvalue weighted by molar-refractivity contribution is 8.00. The van der Waals surface area contributed by atoms with E-state index in [9.17, 15) is 4.79 Å². The molecule has 25 heavy (non-hydrogen) atoms. The van der Waals surface area contributed by atoms with Crippen molar-refractivity contribution in [1.29, 1.82) is 0 Å². The predicted octanol–water partition coefficient (Wildman–Crippen LogP) is 3.58. The number of thioether (sulfide) groups is 1. The smallest absolute Gasteiger partial charge is 0.230 e. The molecule has 2 aliphatic rings. The summed E-state index contributed by atoms with van der Waals surface area (Å²) >= 11 is 7.45. The minimum Gasteiger partial charge on any atom is -0.379 e. The topological polar surface area (TPSA) is 41.6 Å². The molecule has 1 saturated carbocycles. The van der Waals surface area contributed by atoms with Crippen LogP contribution < -0.4 is 5.32 Å². The lowest BCUT2D eigenvalue weighted by atomic mass is 9.79. The van der Waals surface area contributed by atoms with Gasteiger partial charge in [-0.1, -0.05) is 30.9 Å². The van der Waals surface area contributed by atoms with E-state index in [0.29, 0.717) is 5.75 Å². The Balaban J connectivity index is 1.51. The van der Waals surface area contributed by atoms with Crippen molar-refractivity contribution in [2.45, 2.75) is 42.5 Å². The largest absolute Gasteiger partial charge is 0.379 e. The van der Waals surface area contributed by atoms with Gasteiger partial charge in [0, 0.05) is 35.1 Å². The highest BCUT2D eigenvalue weighted by atomic mass is 35.5. The standard InChI is InChI=1S/C19H27ClN2O2S/c20-16-4-6-17(7-5-16)25-14-18(23)21-15-19(8-2-1-3-9-19)22-10-12-24-13-11-22/h4-7H,1-3,8-15H2,(H,21,23). The summed E-state index contributed by atoms with van der Waals surface area (Å²) < 4.78 is 5.52. The second-order valence-electron chi connectivity index (χ2n) is 6.90. The lowest BCUT2D eigenvalue weighted by Crippen LogP contribution is -2.59. The zero-order valence-corrected chi connectivity index (χ0v) is 16.2. The van der Waals surface area contributed by atoms with Crippen molar-refractivity contribution in [3.63, 3.8) is 0 Å². The third kappa shape index (κ3) is 5.36. The van der Waals surface area contributed by atoms with Crippen LogP contribution in [0.3, 0.4) is 0 Å². The summed E-state index contributed by atoms with van der Waals surface area (Å²) in [5.41, 5.74) is 0.128. The van der Waals surface area contributed by atoms with Crippen LogP contribution in [0.2, 0.25) is 5.02 Å². The van der Waals surface area contributed by atoms with E-state index >= 15 is 0 Å². The van der Waals surface area contributed by atoms with Gasteiger partial charge >= 0.3 is 0 Å². The fourth-order valence-electron chi connectivity index (χ4n) is 3.85. The van der Waals surface area contributed by atoms with E-state index in [2.05, 4.69) is 10.2 Å². The molecule has 4 nitrogen and oxygen atoms in total. The van der Waals surface area contributed by atoms with E-state index in [1.54, 1.807) is 11.8 Å². The van der Waals surface area contributed by atoms with Crippen LogP contribution in [0.1, 0.15) is 32.1 Å². The summed E-state index contributed by atoms with van der Waals surface area (Å²) in [6, 6.07) is 7.63. The van der Waals surface area contributed by atoms with Gasteiger partial charge in [-0.25, -0.2) is 0 Å². The molecule has 1 heterocycles. The van der Waals surface area contributed by atoms with Crippen LogP contribution in [-0.2, 0) is 9.53 Å². The molecule has 1 aliphatic heterocycles. The van der Waals surface area contributed by atoms with Crippen LogP contribution in [0, 0.1) is 0 Å². The zero-order chi connectivity index (χ0) is 17.5. The maximum absolute atomic E-state index is 12.3. The van der Waals surface area contributed by atoms with Crippen LogP contribution in [0.4, 0.5) is 0 Å². The first-order chi connectivity index (χ1) is 12.2. The fourth-order valence-corrected chi connectivity index (χ4v) is 4.70. The van der Waals surface area contributed by atoms with Gasteiger partial charge in [-0.15, -0.1) is 11.8 Å². The number of hydrogen-bond donors (Lipinski definition) is 1. The third-order valence-corrected chi connectivity index (χ3v) is 6.53. The molecule has 0 spiro atoms. The minimum absolute atomic E-state index is 0.109. The van der Waals surface area contributed by atoms with Crippen molar-refractivity contribution < 1.29 is 9.53 Å². The first-order valence-electron chi connectivity index (χ1n) is 9.16. The SMILES string of the molecule is O=C(CSc1ccc(Cl)cc1)NCC1(N2CCOCC2)CCCCC1. The van der Waals surface area contributed by atoms with Crippen molar-refractivity contribution in [2.24, 2.45) is 0 Å². The Bertz CT molecular complexity index is 555. The summed E-state index contributed by atoms with van der Waals surface area (Å²) in [5.74, 6) is 0.555. The predicted molar refractivity (Wildman–Crippen MR) is 103 cm³/mol. The van der Waals surface area contributed by atoms with Crippen molar-refractivity contribution in [3.8, 4) is 0 Å². The lowest BCUT2D eigenvalue weighted by molar-refractivity contribution is -0.119. The average molecular weight is 383 g/mol. The first-order valence-corrected chi connectivity index (χ1v) is 10.5. The molecule has 1 aromatic rings. The van der Waals surface area contributed by atoms with E-state index in [4.69, 9.17) is 16.3 Å². The van der Waals surface area contributed by atoms with Gasteiger partial charge in [-0.05, 0) is 37.1 Å². The number of carbonyl (C=O) groups is 1. The number of nitrogens with zero attached hydrogens (tertiary/aromatic N) is 1. The monoisotopic (exact) mass is 382 g/mol. The van der Waals surface area contributed by atoms with Crippen molar-refractivity contribution >= 4 is 29.3 Å². The molecule has 1 N–H and O–H groups in total. The van der Waals surface area contributed by atoms with E-state index in [1.807, 2.05) is 24.3 Å². The Kier molecular flexibility index (Phi) is 7.05. The molecule has 0 atom stereocenters. The van der Waals surface area contributed by atoms with Gasteiger partial charge in [0.2, 0.25) is 5.91 Å². The number of ether oxygens (including phenoxy) is 1. The van der Waals surface area contributed by atoms with Crippen LogP contribution in [0.15, 0.2) is 29.2 Å². The summed E-state index contributed by atoms with van der Waals surface area (Å²) in [6.07, 6.45) is 6.18. The molecular formula is C19H27ClN2O2S. The van der Waals surface area contributed by atoms with E-state index in [-0.39, 0.29) is 11.4 Å². The lowest BCUT2D eigenvalue weighted by Gasteiger charge is -2.48. The van der Waals surface area contributed by atoms with Gasteiger partial charge < -0.3 is 10.1 Å². The van der Waals surface area contributed by atoms with Gasteiger partial charge in [-0.3, -0.25) is 9.69 Å². The summed E-state index contributed by atoms with van der Waals surface area (Å²) in [6.45, 7) is 4.34. The highest BCUT2D eigenvalue weighted by Crippen LogP contribution is 2.34. The molecule has 0 unspecified atom stereocenters. The Hall–Kier alpha value is -0.750. The van der Waals surface area contributed by atoms with Crippen LogP contribution in [-0.4, -0.2) is 54.9 Å². The van der Waals surface area contributed by atoms with Gasteiger partial charge in [-0.2, -0.15) is 0 Å². The van der Waals surface area contributed by atoms with Crippen molar-refractivity contribution in [1.82, 2.24) is 10.2 Å². The quantitative estimate of drug-likeness (QED) is 0.763. The fraction of sp³-hybridized carbons (Fsp3) is 0.632. The molecular weight excluding hydrogens is 356 g/mol. The molecule has 1 saturated heterocycles. The number of hydrogen-bond acceptors (Lipinski definition) is 4. The molecule has 138 valence electrons. The highest BCUT2D eigenvalue weighted by Gasteiger charge is 2.38. The Morgan fingerprint density at radius 2 is 1.84 bits per heavy atom. The Morgan fingerprint density at radius 3 is 2.52 bits per heavy atom. The van der Waals surface area contributed by atoms with Crippen LogP contribution in [0.5, 0.6) is 0 Å². The third-order valence-electron chi connectivity index (χ3n) is 5.26. The average Bonchev–Trinajstić information content (AvgIpc) is 2.67. The maximum atomic E-state index is 12.3. The van der Waals surface area contributed by atoms with Crippen LogP contribution >= 0.6 is 23.4 Å². The number of carbonyl (C=O) groups excluding carboxylic acids is 1. The number of benzene rings is 1. The maximum Gasteiger partial charge on any atom is 0.230 e. The molecule has 1 amide bonds. The molecule has 0 radical (unpaired) electrons. The minimum atomic E-state index is 0.109. The molecule has 1 aliphatic carbocycles. The summed E-state index contributed by atoms with van der Waals surface area (Å²) in [5, 5.41) is 3.92. The van der Waals surface area contributed by atoms with Gasteiger partial charge in [0.15, 0.2) is 0 Å². The zero-order valence-electron chi connectivity index (χ0n) is 14.6. The van der Waals surface area contributed by atoms with E-state index in [1.165, 1.54) is 32.1 Å². The van der Waals surface area contributed by atoms with Gasteiger partial charge in [0.25, 0.3) is 0 Å². The number of halogens is 1. The second-order valence-corrected chi connectivity index (χ2v) is 8.39. The molecule has 3 rings (SSSR count). The van der Waals surface area contributed by atoms with E-state index in [0.717, 1.165) is 42.8 Å². The van der Waals surface area contributed by atoms with Crippen molar-refractivity contribution in [2.75, 3.05) is 38.6 Å². The van der Waals surface area contributed by atoms with Gasteiger partial charge in [0.1, 0.15) is 0 Å². The Labute approximate surface area is 159 Å². The normalized spacial score (nSPS) is 21.0.